The molecular weight excluding hydrogens is 231 g/mol. The molecule has 0 spiro atoms. The number of rotatable bonds is 5. The minimum atomic E-state index is -0.234. The van der Waals surface area contributed by atoms with E-state index in [2.05, 4.69) is 10.4 Å². The topological polar surface area (TPSA) is 55.9 Å². The van der Waals surface area contributed by atoms with Gasteiger partial charge in [0.15, 0.2) is 0 Å². The third-order valence-corrected chi connectivity index (χ3v) is 2.93. The maximum atomic E-state index is 13.1. The summed E-state index contributed by atoms with van der Waals surface area (Å²) in [4.78, 5) is 4.30. The van der Waals surface area contributed by atoms with Gasteiger partial charge in [-0.15, -0.1) is 0 Å². The lowest BCUT2D eigenvalue weighted by Crippen LogP contribution is -2.31. The van der Waals surface area contributed by atoms with Crippen LogP contribution in [0.1, 0.15) is 24.4 Å². The van der Waals surface area contributed by atoms with Crippen molar-refractivity contribution in [3.63, 3.8) is 0 Å². The molecule has 0 radical (unpaired) electrons. The maximum absolute atomic E-state index is 13.1. The van der Waals surface area contributed by atoms with Gasteiger partial charge in [0.25, 0.3) is 0 Å². The van der Waals surface area contributed by atoms with E-state index in [1.165, 1.54) is 12.1 Å². The summed E-state index contributed by atoms with van der Waals surface area (Å²) in [6.45, 7) is 2.87. The minimum Gasteiger partial charge on any atom is -0.334 e. The van der Waals surface area contributed by atoms with Crippen LogP contribution in [-0.4, -0.2) is 9.55 Å². The predicted octanol–water partition coefficient (Wildman–Crippen LogP) is 1.79. The Morgan fingerprint density at radius 1 is 1.50 bits per heavy atom. The minimum absolute atomic E-state index is 0.123. The maximum Gasteiger partial charge on any atom is 0.127 e. The molecule has 4 nitrogen and oxygen atoms in total. The smallest absolute Gasteiger partial charge is 0.127 e. The monoisotopic (exact) mass is 248 g/mol. The standard InChI is InChI=1S/C13H17FN4/c1-2-18-7-6-16-13(18)12(17-15)9-10-4-3-5-11(14)8-10/h3-8,12,17H,2,9,15H2,1H3. The van der Waals surface area contributed by atoms with Crippen molar-refractivity contribution >= 4 is 0 Å². The number of nitrogens with zero attached hydrogens (tertiary/aromatic N) is 2. The van der Waals surface area contributed by atoms with Gasteiger partial charge >= 0.3 is 0 Å². The van der Waals surface area contributed by atoms with Crippen LogP contribution in [0.4, 0.5) is 4.39 Å². The van der Waals surface area contributed by atoms with Gasteiger partial charge in [-0.25, -0.2) is 14.8 Å². The molecule has 2 rings (SSSR count). The first kappa shape index (κ1) is 12.7. The van der Waals surface area contributed by atoms with Gasteiger partial charge in [-0.2, -0.15) is 0 Å². The number of aryl methyl sites for hydroxylation is 1. The number of hydrogen-bond acceptors (Lipinski definition) is 3. The second kappa shape index (κ2) is 5.75. The van der Waals surface area contributed by atoms with Gasteiger partial charge in [-0.3, -0.25) is 5.84 Å². The molecule has 2 aromatic rings. The second-order valence-electron chi connectivity index (χ2n) is 4.12. The zero-order valence-electron chi connectivity index (χ0n) is 10.3. The van der Waals surface area contributed by atoms with E-state index in [4.69, 9.17) is 5.84 Å². The average molecular weight is 248 g/mol. The summed E-state index contributed by atoms with van der Waals surface area (Å²) in [5, 5.41) is 0. The van der Waals surface area contributed by atoms with Gasteiger partial charge in [0.1, 0.15) is 11.6 Å². The van der Waals surface area contributed by atoms with Gasteiger partial charge in [-0.1, -0.05) is 12.1 Å². The summed E-state index contributed by atoms with van der Waals surface area (Å²) < 4.78 is 15.2. The zero-order chi connectivity index (χ0) is 13.0. The highest BCUT2D eigenvalue weighted by Crippen LogP contribution is 2.17. The fourth-order valence-corrected chi connectivity index (χ4v) is 2.02. The van der Waals surface area contributed by atoms with E-state index < -0.39 is 0 Å². The molecule has 0 amide bonds. The summed E-state index contributed by atoms with van der Waals surface area (Å²) in [6.07, 6.45) is 4.26. The molecule has 1 aromatic heterocycles. The summed E-state index contributed by atoms with van der Waals surface area (Å²) in [7, 11) is 0. The van der Waals surface area contributed by atoms with Crippen LogP contribution in [0.15, 0.2) is 36.7 Å². The summed E-state index contributed by atoms with van der Waals surface area (Å²) in [5.41, 5.74) is 3.63. The van der Waals surface area contributed by atoms with Crippen molar-refractivity contribution in [2.24, 2.45) is 5.84 Å². The lowest BCUT2D eigenvalue weighted by atomic mass is 10.1. The summed E-state index contributed by atoms with van der Waals surface area (Å²) in [6, 6.07) is 6.41. The van der Waals surface area contributed by atoms with Gasteiger partial charge < -0.3 is 4.57 Å². The Morgan fingerprint density at radius 2 is 2.33 bits per heavy atom. The lowest BCUT2D eigenvalue weighted by Gasteiger charge is -2.16. The van der Waals surface area contributed by atoms with Crippen molar-refractivity contribution in [2.75, 3.05) is 0 Å². The Kier molecular flexibility index (Phi) is 4.07. The fourth-order valence-electron chi connectivity index (χ4n) is 2.02. The Labute approximate surface area is 106 Å². The molecule has 3 N–H and O–H groups in total. The zero-order valence-corrected chi connectivity index (χ0v) is 10.3. The molecule has 1 heterocycles. The van der Waals surface area contributed by atoms with Crippen molar-refractivity contribution in [2.45, 2.75) is 25.9 Å². The molecule has 96 valence electrons. The molecule has 1 aromatic carbocycles. The van der Waals surface area contributed by atoms with Crippen LogP contribution in [0.2, 0.25) is 0 Å². The first-order valence-corrected chi connectivity index (χ1v) is 5.96. The molecule has 0 saturated carbocycles. The first-order valence-electron chi connectivity index (χ1n) is 5.96. The van der Waals surface area contributed by atoms with E-state index in [1.807, 2.05) is 23.8 Å². The SMILES string of the molecule is CCn1ccnc1C(Cc1cccc(F)c1)NN. The summed E-state index contributed by atoms with van der Waals surface area (Å²) in [5.74, 6) is 6.21. The van der Waals surface area contributed by atoms with Gasteiger partial charge in [0, 0.05) is 18.9 Å². The van der Waals surface area contributed by atoms with E-state index in [0.29, 0.717) is 6.42 Å². The van der Waals surface area contributed by atoms with Crippen LogP contribution in [-0.2, 0) is 13.0 Å². The number of imidazole rings is 1. The Morgan fingerprint density at radius 3 is 3.00 bits per heavy atom. The second-order valence-corrected chi connectivity index (χ2v) is 4.12. The van der Waals surface area contributed by atoms with E-state index in [1.54, 1.807) is 12.3 Å². The molecule has 5 heteroatoms. The van der Waals surface area contributed by atoms with Crippen molar-refractivity contribution in [3.05, 3.63) is 53.9 Å². The van der Waals surface area contributed by atoms with Crippen LogP contribution in [0.5, 0.6) is 0 Å². The van der Waals surface area contributed by atoms with Crippen molar-refractivity contribution in [3.8, 4) is 0 Å². The number of halogens is 1. The van der Waals surface area contributed by atoms with Crippen LogP contribution >= 0.6 is 0 Å². The van der Waals surface area contributed by atoms with Gasteiger partial charge in [0.05, 0.1) is 6.04 Å². The quantitative estimate of drug-likeness (QED) is 0.626. The highest BCUT2D eigenvalue weighted by atomic mass is 19.1. The van der Waals surface area contributed by atoms with Crippen molar-refractivity contribution < 1.29 is 4.39 Å². The van der Waals surface area contributed by atoms with Crippen LogP contribution in [0.3, 0.4) is 0 Å². The van der Waals surface area contributed by atoms with Crippen LogP contribution < -0.4 is 11.3 Å². The number of aromatic nitrogens is 2. The molecule has 0 aliphatic carbocycles. The largest absolute Gasteiger partial charge is 0.334 e. The first-order chi connectivity index (χ1) is 8.74. The highest BCUT2D eigenvalue weighted by molar-refractivity contribution is 5.19. The van der Waals surface area contributed by atoms with Crippen LogP contribution in [0, 0.1) is 5.82 Å². The average Bonchev–Trinajstić information content (AvgIpc) is 2.84. The number of hydrazine groups is 1. The molecule has 18 heavy (non-hydrogen) atoms. The Bertz CT molecular complexity index is 509. The Balaban J connectivity index is 2.20. The van der Waals surface area contributed by atoms with E-state index in [-0.39, 0.29) is 11.9 Å². The van der Waals surface area contributed by atoms with Crippen LogP contribution in [0.25, 0.3) is 0 Å². The molecule has 1 unspecified atom stereocenters. The van der Waals surface area contributed by atoms with Gasteiger partial charge in [-0.05, 0) is 31.0 Å². The fraction of sp³-hybridized carbons (Fsp3) is 0.308. The van der Waals surface area contributed by atoms with E-state index >= 15 is 0 Å². The Hall–Kier alpha value is -1.72. The number of hydrogen-bond donors (Lipinski definition) is 2. The van der Waals surface area contributed by atoms with Gasteiger partial charge in [0.2, 0.25) is 0 Å². The normalized spacial score (nSPS) is 12.6. The molecule has 0 bridgehead atoms. The number of nitrogens with one attached hydrogen (secondary N) is 1. The third kappa shape index (κ3) is 2.75. The van der Waals surface area contributed by atoms with Crippen molar-refractivity contribution in [1.82, 2.24) is 15.0 Å². The molecule has 0 aliphatic rings. The molecule has 0 aliphatic heterocycles. The molecule has 0 saturated heterocycles. The predicted molar refractivity (Wildman–Crippen MR) is 68.1 cm³/mol. The number of nitrogens with two attached hydrogens (primary N) is 1. The molecule has 1 atom stereocenters. The lowest BCUT2D eigenvalue weighted by molar-refractivity contribution is 0.494. The molecular formula is C13H17FN4. The van der Waals surface area contributed by atoms with Crippen molar-refractivity contribution in [1.29, 1.82) is 0 Å². The number of benzene rings is 1. The molecule has 0 fully saturated rings. The van der Waals surface area contributed by atoms with E-state index in [9.17, 15) is 4.39 Å². The highest BCUT2D eigenvalue weighted by Gasteiger charge is 2.15. The summed E-state index contributed by atoms with van der Waals surface area (Å²) >= 11 is 0. The third-order valence-electron chi connectivity index (χ3n) is 2.93. The van der Waals surface area contributed by atoms with E-state index in [0.717, 1.165) is 17.9 Å².